The Kier molecular flexibility index (Phi) is 6.46. The van der Waals surface area contributed by atoms with E-state index in [-0.39, 0.29) is 6.61 Å². The van der Waals surface area contributed by atoms with Crippen molar-refractivity contribution in [2.45, 2.75) is 13.0 Å². The SMILES string of the molecule is C[C@@H](OC(=O)COc1ccccc1)C(=O)Nc1ccc(Cl)cc1Cl. The number of benzene rings is 2. The molecule has 1 amide bonds. The van der Waals surface area contributed by atoms with Gasteiger partial charge in [-0.25, -0.2) is 4.79 Å². The molecular formula is C17H15Cl2NO4. The van der Waals surface area contributed by atoms with E-state index in [1.807, 2.05) is 6.07 Å². The van der Waals surface area contributed by atoms with E-state index in [0.717, 1.165) is 0 Å². The highest BCUT2D eigenvalue weighted by Gasteiger charge is 2.19. The molecule has 0 aliphatic carbocycles. The number of carbonyl (C=O) groups is 2. The second kappa shape index (κ2) is 8.57. The van der Waals surface area contributed by atoms with Crippen LogP contribution in [0.1, 0.15) is 6.92 Å². The first-order valence-corrected chi connectivity index (χ1v) is 7.84. The Balaban J connectivity index is 1.83. The maximum Gasteiger partial charge on any atom is 0.344 e. The summed E-state index contributed by atoms with van der Waals surface area (Å²) in [6.45, 7) is 1.17. The lowest BCUT2D eigenvalue weighted by Crippen LogP contribution is -2.31. The molecule has 2 aromatic carbocycles. The minimum Gasteiger partial charge on any atom is -0.482 e. The molecular weight excluding hydrogens is 353 g/mol. The van der Waals surface area contributed by atoms with Crippen LogP contribution in [-0.2, 0) is 14.3 Å². The Hall–Kier alpha value is -2.24. The van der Waals surface area contributed by atoms with Crippen molar-refractivity contribution in [2.75, 3.05) is 11.9 Å². The minimum absolute atomic E-state index is 0.288. The Morgan fingerprint density at radius 3 is 2.50 bits per heavy atom. The lowest BCUT2D eigenvalue weighted by atomic mass is 10.3. The van der Waals surface area contributed by atoms with Crippen molar-refractivity contribution in [3.63, 3.8) is 0 Å². The molecule has 0 aliphatic heterocycles. The van der Waals surface area contributed by atoms with Crippen molar-refractivity contribution in [3.05, 3.63) is 58.6 Å². The molecule has 126 valence electrons. The predicted molar refractivity (Wildman–Crippen MR) is 92.6 cm³/mol. The first-order valence-electron chi connectivity index (χ1n) is 7.09. The number of anilines is 1. The molecule has 0 fully saturated rings. The lowest BCUT2D eigenvalue weighted by Gasteiger charge is -2.14. The van der Waals surface area contributed by atoms with E-state index in [4.69, 9.17) is 32.7 Å². The van der Waals surface area contributed by atoms with Gasteiger partial charge in [-0.2, -0.15) is 0 Å². The van der Waals surface area contributed by atoms with Gasteiger partial charge >= 0.3 is 5.97 Å². The number of nitrogens with one attached hydrogen (secondary N) is 1. The summed E-state index contributed by atoms with van der Waals surface area (Å²) in [5.41, 5.74) is 0.384. The fourth-order valence-electron chi connectivity index (χ4n) is 1.77. The summed E-state index contributed by atoms with van der Waals surface area (Å²) < 4.78 is 10.3. The molecule has 2 rings (SSSR count). The van der Waals surface area contributed by atoms with E-state index in [2.05, 4.69) is 5.32 Å². The summed E-state index contributed by atoms with van der Waals surface area (Å²) in [6.07, 6.45) is -0.997. The van der Waals surface area contributed by atoms with E-state index in [1.54, 1.807) is 36.4 Å². The molecule has 0 unspecified atom stereocenters. The van der Waals surface area contributed by atoms with Gasteiger partial charge in [0.1, 0.15) is 5.75 Å². The summed E-state index contributed by atoms with van der Waals surface area (Å²) in [5.74, 6) is -0.615. The highest BCUT2D eigenvalue weighted by atomic mass is 35.5. The van der Waals surface area contributed by atoms with Gasteiger partial charge in [0, 0.05) is 5.02 Å². The van der Waals surface area contributed by atoms with Gasteiger partial charge in [0.15, 0.2) is 12.7 Å². The molecule has 0 bridgehead atoms. The van der Waals surface area contributed by atoms with Crippen molar-refractivity contribution < 1.29 is 19.1 Å². The van der Waals surface area contributed by atoms with E-state index in [1.165, 1.54) is 13.0 Å². The quantitative estimate of drug-likeness (QED) is 0.785. The standard InChI is InChI=1S/C17H15Cl2NO4/c1-11(17(22)20-15-8-7-12(18)9-14(15)19)24-16(21)10-23-13-5-3-2-4-6-13/h2-9,11H,10H2,1H3,(H,20,22)/t11-/m1/s1. The largest absolute Gasteiger partial charge is 0.482 e. The Morgan fingerprint density at radius 1 is 1.12 bits per heavy atom. The number of halogens is 2. The minimum atomic E-state index is -0.997. The van der Waals surface area contributed by atoms with Gasteiger partial charge in [-0.15, -0.1) is 0 Å². The average molecular weight is 368 g/mol. The summed E-state index contributed by atoms with van der Waals surface area (Å²) in [6, 6.07) is 13.5. The smallest absolute Gasteiger partial charge is 0.344 e. The second-order valence-electron chi connectivity index (χ2n) is 4.85. The highest BCUT2D eigenvalue weighted by molar-refractivity contribution is 6.36. The van der Waals surface area contributed by atoms with Crippen molar-refractivity contribution in [2.24, 2.45) is 0 Å². The zero-order valence-corrected chi connectivity index (χ0v) is 14.3. The van der Waals surface area contributed by atoms with E-state index in [9.17, 15) is 9.59 Å². The predicted octanol–water partition coefficient (Wildman–Crippen LogP) is 3.94. The molecule has 1 N–H and O–H groups in total. The molecule has 0 heterocycles. The van der Waals surface area contributed by atoms with E-state index in [0.29, 0.717) is 21.5 Å². The van der Waals surface area contributed by atoms with Gasteiger partial charge in [-0.1, -0.05) is 41.4 Å². The normalized spacial score (nSPS) is 11.5. The molecule has 0 spiro atoms. The van der Waals surface area contributed by atoms with Gasteiger partial charge < -0.3 is 14.8 Å². The molecule has 2 aromatic rings. The zero-order valence-electron chi connectivity index (χ0n) is 12.8. The summed E-state index contributed by atoms with van der Waals surface area (Å²) in [7, 11) is 0. The van der Waals surface area contributed by atoms with Crippen molar-refractivity contribution >= 4 is 40.8 Å². The summed E-state index contributed by atoms with van der Waals surface area (Å²) in [4.78, 5) is 23.8. The van der Waals surface area contributed by atoms with Gasteiger partial charge in [-0.05, 0) is 37.3 Å². The monoisotopic (exact) mass is 367 g/mol. The highest BCUT2D eigenvalue weighted by Crippen LogP contribution is 2.25. The first kappa shape index (κ1) is 18.1. The third kappa shape index (κ3) is 5.44. The van der Waals surface area contributed by atoms with Gasteiger partial charge in [-0.3, -0.25) is 4.79 Å². The van der Waals surface area contributed by atoms with Crippen LogP contribution in [0, 0.1) is 0 Å². The molecule has 24 heavy (non-hydrogen) atoms. The third-order valence-electron chi connectivity index (χ3n) is 2.97. The Morgan fingerprint density at radius 2 is 1.83 bits per heavy atom. The maximum atomic E-state index is 12.0. The number of hydrogen-bond donors (Lipinski definition) is 1. The van der Waals surface area contributed by atoms with E-state index < -0.39 is 18.0 Å². The number of para-hydroxylation sites is 1. The average Bonchev–Trinajstić information content (AvgIpc) is 2.56. The molecule has 5 nitrogen and oxygen atoms in total. The zero-order chi connectivity index (χ0) is 17.5. The fraction of sp³-hybridized carbons (Fsp3) is 0.176. The van der Waals surface area contributed by atoms with Crippen LogP contribution >= 0.6 is 23.2 Å². The van der Waals surface area contributed by atoms with Crippen molar-refractivity contribution in [1.82, 2.24) is 0 Å². The molecule has 0 aliphatic rings. The third-order valence-corrected chi connectivity index (χ3v) is 3.51. The topological polar surface area (TPSA) is 64.6 Å². The number of rotatable bonds is 6. The number of amides is 1. The van der Waals surface area contributed by atoms with Gasteiger partial charge in [0.25, 0.3) is 5.91 Å². The molecule has 1 atom stereocenters. The molecule has 0 radical (unpaired) electrons. The van der Waals surface area contributed by atoms with Crippen LogP contribution < -0.4 is 10.1 Å². The van der Waals surface area contributed by atoms with Crippen LogP contribution in [0.2, 0.25) is 10.0 Å². The number of carbonyl (C=O) groups excluding carboxylic acids is 2. The maximum absolute atomic E-state index is 12.0. The van der Waals surface area contributed by atoms with Crippen LogP contribution in [0.3, 0.4) is 0 Å². The molecule has 0 saturated heterocycles. The number of hydrogen-bond acceptors (Lipinski definition) is 4. The fourth-order valence-corrected chi connectivity index (χ4v) is 2.22. The molecule has 0 aromatic heterocycles. The van der Waals surface area contributed by atoms with Crippen LogP contribution in [-0.4, -0.2) is 24.6 Å². The van der Waals surface area contributed by atoms with Gasteiger partial charge in [0.2, 0.25) is 0 Å². The summed E-state index contributed by atoms with van der Waals surface area (Å²) >= 11 is 11.8. The molecule has 0 saturated carbocycles. The van der Waals surface area contributed by atoms with Crippen LogP contribution in [0.4, 0.5) is 5.69 Å². The lowest BCUT2D eigenvalue weighted by molar-refractivity contribution is -0.155. The second-order valence-corrected chi connectivity index (χ2v) is 5.69. The van der Waals surface area contributed by atoms with Crippen LogP contribution in [0.25, 0.3) is 0 Å². The van der Waals surface area contributed by atoms with E-state index >= 15 is 0 Å². The Bertz CT molecular complexity index is 722. The van der Waals surface area contributed by atoms with Crippen LogP contribution in [0.15, 0.2) is 48.5 Å². The number of ether oxygens (including phenoxy) is 2. The van der Waals surface area contributed by atoms with Crippen molar-refractivity contribution in [3.8, 4) is 5.75 Å². The molecule has 7 heteroatoms. The van der Waals surface area contributed by atoms with Crippen molar-refractivity contribution in [1.29, 1.82) is 0 Å². The first-order chi connectivity index (χ1) is 11.5. The Labute approximate surface area is 149 Å². The van der Waals surface area contributed by atoms with Crippen LogP contribution in [0.5, 0.6) is 5.75 Å². The summed E-state index contributed by atoms with van der Waals surface area (Å²) in [5, 5.41) is 3.32. The number of esters is 1. The van der Waals surface area contributed by atoms with Gasteiger partial charge in [0.05, 0.1) is 10.7 Å².